The topological polar surface area (TPSA) is 0 Å². The first-order valence-corrected chi connectivity index (χ1v) is 5.20. The van der Waals surface area contributed by atoms with Gasteiger partial charge >= 0.3 is 0 Å². The van der Waals surface area contributed by atoms with Gasteiger partial charge in [0.2, 0.25) is 0 Å². The van der Waals surface area contributed by atoms with E-state index in [-0.39, 0.29) is 14.1 Å². The average molecular weight is 72.1 g/mol. The maximum absolute atomic E-state index is 2.31. The monoisotopic (exact) mass is 72.1 g/mol. The summed E-state index contributed by atoms with van der Waals surface area (Å²) < 4.78 is 0. The first-order chi connectivity index (χ1) is 1.73. The van der Waals surface area contributed by atoms with Gasteiger partial charge in [-0.1, -0.05) is 0 Å². The van der Waals surface area contributed by atoms with Crippen molar-refractivity contribution in [3.63, 3.8) is 0 Å². The Morgan fingerprint density at radius 1 is 1.00 bits per heavy atom. The van der Waals surface area contributed by atoms with Crippen LogP contribution in [0, 0.1) is 0 Å². The molecule has 0 aromatic rings. The molecule has 0 aromatic carbocycles. The second-order valence-corrected chi connectivity index (χ2v) is 5.20. The Morgan fingerprint density at radius 3 is 1.00 bits per heavy atom. The van der Waals surface area contributed by atoms with E-state index in [2.05, 4.69) is 17.4 Å². The normalized spacial score (nSPS) is 9.00. The minimum Gasteiger partial charge on any atom is -0.234 e. The lowest BCUT2D eigenvalue weighted by Crippen LogP contribution is -1.84. The van der Waals surface area contributed by atoms with Gasteiger partial charge in [-0.15, -0.1) is 0 Å². The highest BCUT2D eigenvalue weighted by Crippen LogP contribution is 1.68. The molecule has 0 aromatic heterocycles. The first-order valence-electron chi connectivity index (χ1n) is 1.73. The minimum absolute atomic E-state index is 0.139. The van der Waals surface area contributed by atoms with Crippen LogP contribution in [0.1, 0.15) is 0 Å². The molecule has 0 aliphatic carbocycles. The fourth-order valence-electron chi connectivity index (χ4n) is 0. The molecule has 0 saturated carbocycles. The van der Waals surface area contributed by atoms with E-state index in [1.807, 2.05) is 0 Å². The summed E-state index contributed by atoms with van der Waals surface area (Å²) >= 11 is -0.139. The summed E-state index contributed by atoms with van der Waals surface area (Å²) in [6, 6.07) is 0. The van der Waals surface area contributed by atoms with Crippen LogP contribution < -0.4 is 0 Å². The van der Waals surface area contributed by atoms with Crippen molar-refractivity contribution in [1.29, 1.82) is 0 Å². The molecule has 0 aliphatic rings. The van der Waals surface area contributed by atoms with E-state index < -0.39 is 0 Å². The molecule has 0 heterocycles. The average Bonchev–Trinajstić information content (AvgIpc) is 0.811. The summed E-state index contributed by atoms with van der Waals surface area (Å²) in [7, 11) is 0. The minimum atomic E-state index is -0.139. The second kappa shape index (κ2) is 1.82. The predicted molar refractivity (Wildman–Crippen MR) is 23.3 cm³/mol. The molecule has 0 spiro atoms. The third kappa shape index (κ3) is 21.0. The van der Waals surface area contributed by atoms with Crippen LogP contribution in [0.4, 0.5) is 0 Å². The van der Waals surface area contributed by atoms with Crippen LogP contribution >= 0.6 is 0 Å². The SMILES string of the molecule is [CH3][Al-]([CH3])[CH3]. The summed E-state index contributed by atoms with van der Waals surface area (Å²) in [5.41, 5.74) is 0. The number of hydrogen-bond donors (Lipinski definition) is 0. The molecule has 0 bridgehead atoms. The lowest BCUT2D eigenvalue weighted by molar-refractivity contribution is 1.91. The van der Waals surface area contributed by atoms with Gasteiger partial charge in [0, 0.05) is 0 Å². The molecule has 0 atom stereocenters. The van der Waals surface area contributed by atoms with E-state index in [0.717, 1.165) is 0 Å². The third-order valence-electron chi connectivity index (χ3n) is 0. The Hall–Kier alpha value is 0.532. The molecule has 4 heavy (non-hydrogen) atoms. The van der Waals surface area contributed by atoms with E-state index in [9.17, 15) is 0 Å². The van der Waals surface area contributed by atoms with Gasteiger partial charge in [0.05, 0.1) is 0 Å². The second-order valence-electron chi connectivity index (χ2n) is 1.73. The molecule has 25 valence electrons. The molecular formula is C3H9Al-. The standard InChI is InChI=1S/3CH3.Al/h3*1H3;/q;;;-1. The molecule has 0 saturated heterocycles. The van der Waals surface area contributed by atoms with Gasteiger partial charge in [0.25, 0.3) is 0 Å². The fourth-order valence-corrected chi connectivity index (χ4v) is 0. The fraction of sp³-hybridized carbons (Fsp3) is 1.00. The molecule has 0 amide bonds. The summed E-state index contributed by atoms with van der Waals surface area (Å²) in [4.78, 5) is 0. The van der Waals surface area contributed by atoms with Crippen molar-refractivity contribution in [2.75, 3.05) is 0 Å². The van der Waals surface area contributed by atoms with Gasteiger partial charge in [0.15, 0.2) is 0 Å². The Morgan fingerprint density at radius 2 is 1.00 bits per heavy atom. The van der Waals surface area contributed by atoms with Crippen LogP contribution in [0.25, 0.3) is 0 Å². The van der Waals surface area contributed by atoms with Crippen LogP contribution in [0.15, 0.2) is 0 Å². The Balaban J connectivity index is 2.32. The molecule has 0 nitrogen and oxygen atoms in total. The van der Waals surface area contributed by atoms with Crippen molar-refractivity contribution in [2.24, 2.45) is 0 Å². The Labute approximate surface area is 32.2 Å². The molecule has 1 heteroatoms. The van der Waals surface area contributed by atoms with E-state index in [1.54, 1.807) is 0 Å². The van der Waals surface area contributed by atoms with Crippen molar-refractivity contribution in [1.82, 2.24) is 0 Å². The van der Waals surface area contributed by atoms with Gasteiger partial charge < -0.3 is 0 Å². The number of rotatable bonds is 0. The Kier molecular flexibility index (Phi) is 2.06. The largest absolute Gasteiger partial charge is 0.234 e. The van der Waals surface area contributed by atoms with Crippen LogP contribution in [-0.4, -0.2) is 14.1 Å². The highest BCUT2D eigenvalue weighted by molar-refractivity contribution is 6.54. The van der Waals surface area contributed by atoms with Crippen LogP contribution in [-0.2, 0) is 0 Å². The van der Waals surface area contributed by atoms with Gasteiger partial charge in [0.1, 0.15) is 0 Å². The Bertz CT molecular complexity index is 8.00. The summed E-state index contributed by atoms with van der Waals surface area (Å²) in [5, 5.41) is 0. The quantitative estimate of drug-likeness (QED) is 0.379. The summed E-state index contributed by atoms with van der Waals surface area (Å²) in [6.45, 7) is 0. The molecule has 0 fully saturated rings. The molecular weight excluding hydrogens is 63.0 g/mol. The van der Waals surface area contributed by atoms with E-state index in [0.29, 0.717) is 0 Å². The highest BCUT2D eigenvalue weighted by atomic mass is 27.2. The molecule has 0 unspecified atom stereocenters. The summed E-state index contributed by atoms with van der Waals surface area (Å²) in [5.74, 6) is 6.92. The lowest BCUT2D eigenvalue weighted by atomic mass is 11.8. The molecule has 0 rings (SSSR count). The van der Waals surface area contributed by atoms with Crippen molar-refractivity contribution in [3.8, 4) is 0 Å². The zero-order valence-corrected chi connectivity index (χ0v) is 4.73. The van der Waals surface area contributed by atoms with Crippen LogP contribution in [0.2, 0.25) is 17.4 Å². The van der Waals surface area contributed by atoms with Crippen LogP contribution in [0.5, 0.6) is 0 Å². The number of hydrogen-bond acceptors (Lipinski definition) is 0. The summed E-state index contributed by atoms with van der Waals surface area (Å²) in [6.07, 6.45) is 0. The lowest BCUT2D eigenvalue weighted by Gasteiger charge is -1.87. The van der Waals surface area contributed by atoms with E-state index >= 15 is 0 Å². The van der Waals surface area contributed by atoms with Gasteiger partial charge in [-0.05, 0) is 14.1 Å². The zero-order valence-electron chi connectivity index (χ0n) is 3.58. The highest BCUT2D eigenvalue weighted by Gasteiger charge is 1.60. The van der Waals surface area contributed by atoms with Gasteiger partial charge in [-0.25, -0.2) is 17.4 Å². The van der Waals surface area contributed by atoms with Crippen molar-refractivity contribution in [3.05, 3.63) is 0 Å². The predicted octanol–water partition coefficient (Wildman–Crippen LogP) is 1.37. The first kappa shape index (κ1) is 4.53. The zero-order chi connectivity index (χ0) is 3.58. The van der Waals surface area contributed by atoms with Crippen molar-refractivity contribution < 1.29 is 0 Å². The maximum Gasteiger partial charge on any atom is -0.0472 e. The smallest absolute Gasteiger partial charge is 0.0472 e. The van der Waals surface area contributed by atoms with Crippen molar-refractivity contribution >= 4 is 14.1 Å². The van der Waals surface area contributed by atoms with Gasteiger partial charge in [-0.3, -0.25) is 0 Å². The maximum atomic E-state index is 2.31. The van der Waals surface area contributed by atoms with Crippen molar-refractivity contribution in [2.45, 2.75) is 17.4 Å². The third-order valence-corrected chi connectivity index (χ3v) is 0. The molecule has 0 N–H and O–H groups in total. The van der Waals surface area contributed by atoms with E-state index in [1.165, 1.54) is 0 Å². The van der Waals surface area contributed by atoms with E-state index in [4.69, 9.17) is 0 Å². The molecule has 1 radical (unpaired) electrons. The van der Waals surface area contributed by atoms with Crippen LogP contribution in [0.3, 0.4) is 0 Å². The van der Waals surface area contributed by atoms with Gasteiger partial charge in [-0.2, -0.15) is 0 Å². The molecule has 0 aliphatic heterocycles.